The molecule has 2 aromatic rings. The fraction of sp³-hybridized carbons (Fsp3) is 0.550. The van der Waals surface area contributed by atoms with Gasteiger partial charge in [0.15, 0.2) is 0 Å². The largest absolute Gasteiger partial charge is 0.346 e. The van der Waals surface area contributed by atoms with E-state index in [1.54, 1.807) is 9.25 Å². The molecule has 0 radical (unpaired) electrons. The lowest BCUT2D eigenvalue weighted by atomic mass is 9.88. The summed E-state index contributed by atoms with van der Waals surface area (Å²) >= 11 is 0. The molecule has 26 heavy (non-hydrogen) atoms. The number of nitrogens with zero attached hydrogens (tertiary/aromatic N) is 4. The molecule has 0 bridgehead atoms. The van der Waals surface area contributed by atoms with Crippen LogP contribution < -0.4 is 5.69 Å². The summed E-state index contributed by atoms with van der Waals surface area (Å²) < 4.78 is 3.29. The zero-order valence-corrected chi connectivity index (χ0v) is 15.1. The molecule has 1 aromatic heterocycles. The molecule has 2 heterocycles. The van der Waals surface area contributed by atoms with E-state index >= 15 is 0 Å². The Labute approximate surface area is 153 Å². The Morgan fingerprint density at radius 2 is 1.81 bits per heavy atom. The van der Waals surface area contributed by atoms with Crippen LogP contribution in [0.5, 0.6) is 0 Å². The predicted octanol–water partition coefficient (Wildman–Crippen LogP) is 2.06. The van der Waals surface area contributed by atoms with E-state index in [-0.39, 0.29) is 17.5 Å². The van der Waals surface area contributed by atoms with Gasteiger partial charge in [-0.15, -0.1) is 0 Å². The molecule has 1 saturated carbocycles. The van der Waals surface area contributed by atoms with Gasteiger partial charge in [-0.05, 0) is 18.4 Å². The highest BCUT2D eigenvalue weighted by Crippen LogP contribution is 2.25. The molecule has 6 heteroatoms. The van der Waals surface area contributed by atoms with Crippen molar-refractivity contribution in [1.82, 2.24) is 19.2 Å². The van der Waals surface area contributed by atoms with E-state index in [0.29, 0.717) is 32.6 Å². The molecule has 2 aliphatic rings. The number of carbonyl (C=O) groups is 1. The van der Waals surface area contributed by atoms with Crippen LogP contribution in [0.15, 0.2) is 35.1 Å². The Bertz CT molecular complexity index is 818. The first kappa shape index (κ1) is 17.1. The number of benzene rings is 1. The van der Waals surface area contributed by atoms with E-state index in [1.807, 2.05) is 35.2 Å². The first-order chi connectivity index (χ1) is 12.7. The van der Waals surface area contributed by atoms with Gasteiger partial charge in [-0.2, -0.15) is 5.10 Å². The molecule has 0 unspecified atom stereocenters. The highest BCUT2D eigenvalue weighted by molar-refractivity contribution is 5.79. The molecule has 138 valence electrons. The Morgan fingerprint density at radius 1 is 1.04 bits per heavy atom. The number of amides is 1. The minimum atomic E-state index is -0.0733. The van der Waals surface area contributed by atoms with Gasteiger partial charge in [0.25, 0.3) is 0 Å². The number of rotatable bonds is 3. The molecule has 1 fully saturated rings. The van der Waals surface area contributed by atoms with Gasteiger partial charge in [0.2, 0.25) is 5.91 Å². The summed E-state index contributed by atoms with van der Waals surface area (Å²) in [6, 6.07) is 9.90. The van der Waals surface area contributed by atoms with Crippen molar-refractivity contribution in [2.24, 2.45) is 5.92 Å². The van der Waals surface area contributed by atoms with E-state index in [0.717, 1.165) is 37.1 Å². The van der Waals surface area contributed by atoms with Crippen LogP contribution in [0, 0.1) is 5.92 Å². The van der Waals surface area contributed by atoms with Crippen LogP contribution in [0.2, 0.25) is 0 Å². The van der Waals surface area contributed by atoms with E-state index in [1.165, 1.54) is 6.42 Å². The first-order valence-electron chi connectivity index (χ1n) is 9.71. The van der Waals surface area contributed by atoms with Crippen molar-refractivity contribution < 1.29 is 4.79 Å². The summed E-state index contributed by atoms with van der Waals surface area (Å²) in [4.78, 5) is 27.4. The van der Waals surface area contributed by atoms with Crippen molar-refractivity contribution in [3.63, 3.8) is 0 Å². The van der Waals surface area contributed by atoms with Crippen molar-refractivity contribution in [2.45, 2.75) is 51.6 Å². The Kier molecular flexibility index (Phi) is 4.91. The lowest BCUT2D eigenvalue weighted by Gasteiger charge is -2.28. The van der Waals surface area contributed by atoms with Crippen LogP contribution in [-0.4, -0.2) is 38.2 Å². The fourth-order valence-corrected chi connectivity index (χ4v) is 4.15. The molecule has 1 aliphatic heterocycles. The van der Waals surface area contributed by atoms with Crippen LogP contribution in [0.3, 0.4) is 0 Å². The molecule has 1 aliphatic carbocycles. The average Bonchev–Trinajstić information content (AvgIpc) is 2.85. The molecule has 1 amide bonds. The lowest BCUT2D eigenvalue weighted by Crippen LogP contribution is -2.39. The summed E-state index contributed by atoms with van der Waals surface area (Å²) in [6.45, 7) is 2.31. The summed E-state index contributed by atoms with van der Waals surface area (Å²) in [7, 11) is 0. The second-order valence-electron chi connectivity index (χ2n) is 7.40. The zero-order chi connectivity index (χ0) is 17.9. The highest BCUT2D eigenvalue weighted by Gasteiger charge is 2.28. The number of fused-ring (bicyclic) bond motifs is 1. The van der Waals surface area contributed by atoms with Crippen molar-refractivity contribution in [2.75, 3.05) is 13.1 Å². The molecule has 0 spiro atoms. The molecule has 0 N–H and O–H groups in total. The SMILES string of the molecule is O=C(C1CCCCC1)N1CCc2nn(Cc3ccccc3)c(=O)n2CC1. The van der Waals surface area contributed by atoms with E-state index in [9.17, 15) is 9.59 Å². The summed E-state index contributed by atoms with van der Waals surface area (Å²) in [6.07, 6.45) is 6.26. The quantitative estimate of drug-likeness (QED) is 0.848. The minimum Gasteiger partial charge on any atom is -0.340 e. The van der Waals surface area contributed by atoms with Gasteiger partial charge in [0, 0.05) is 32.0 Å². The van der Waals surface area contributed by atoms with Crippen molar-refractivity contribution in [3.8, 4) is 0 Å². The maximum Gasteiger partial charge on any atom is 0.346 e. The van der Waals surface area contributed by atoms with Gasteiger partial charge in [-0.1, -0.05) is 49.6 Å². The normalized spacial score (nSPS) is 18.4. The third-order valence-corrected chi connectivity index (χ3v) is 5.64. The van der Waals surface area contributed by atoms with Crippen LogP contribution in [0.25, 0.3) is 0 Å². The molecular formula is C20H26N4O2. The smallest absolute Gasteiger partial charge is 0.340 e. The molecular weight excluding hydrogens is 328 g/mol. The van der Waals surface area contributed by atoms with Gasteiger partial charge < -0.3 is 4.90 Å². The summed E-state index contributed by atoms with van der Waals surface area (Å²) in [5, 5.41) is 4.54. The number of carbonyl (C=O) groups excluding carboxylic acids is 1. The van der Waals surface area contributed by atoms with Crippen molar-refractivity contribution >= 4 is 5.91 Å². The second kappa shape index (κ2) is 7.48. The molecule has 4 rings (SSSR count). The maximum atomic E-state index is 12.8. The molecule has 6 nitrogen and oxygen atoms in total. The Balaban J connectivity index is 1.46. The fourth-order valence-electron chi connectivity index (χ4n) is 4.15. The number of aromatic nitrogens is 3. The van der Waals surface area contributed by atoms with Gasteiger partial charge in [-0.3, -0.25) is 9.36 Å². The summed E-state index contributed by atoms with van der Waals surface area (Å²) in [5.74, 6) is 1.26. The van der Waals surface area contributed by atoms with E-state index < -0.39 is 0 Å². The minimum absolute atomic E-state index is 0.0733. The maximum absolute atomic E-state index is 12.8. The standard InChI is InChI=1S/C20H26N4O2/c25-19(17-9-5-2-6-10-17)22-12-11-18-21-24(20(26)23(18)14-13-22)15-16-7-3-1-4-8-16/h1,3-4,7-8,17H,2,5-6,9-15H2. The van der Waals surface area contributed by atoms with Crippen molar-refractivity contribution in [3.05, 3.63) is 52.2 Å². The van der Waals surface area contributed by atoms with Gasteiger partial charge in [0.1, 0.15) is 5.82 Å². The van der Waals surface area contributed by atoms with E-state index in [4.69, 9.17) is 0 Å². The van der Waals surface area contributed by atoms with Crippen LogP contribution in [0.1, 0.15) is 43.5 Å². The predicted molar refractivity (Wildman–Crippen MR) is 98.9 cm³/mol. The Hall–Kier alpha value is -2.37. The number of hydrogen-bond acceptors (Lipinski definition) is 3. The molecule has 1 aromatic carbocycles. The number of hydrogen-bond donors (Lipinski definition) is 0. The van der Waals surface area contributed by atoms with Gasteiger partial charge in [0.05, 0.1) is 6.54 Å². The summed E-state index contributed by atoms with van der Waals surface area (Å²) in [5.41, 5.74) is 0.993. The van der Waals surface area contributed by atoms with Crippen LogP contribution in [-0.2, 0) is 24.3 Å². The van der Waals surface area contributed by atoms with Gasteiger partial charge >= 0.3 is 5.69 Å². The monoisotopic (exact) mass is 354 g/mol. The second-order valence-corrected chi connectivity index (χ2v) is 7.40. The van der Waals surface area contributed by atoms with E-state index in [2.05, 4.69) is 5.10 Å². The average molecular weight is 354 g/mol. The molecule has 0 atom stereocenters. The van der Waals surface area contributed by atoms with Gasteiger partial charge in [-0.25, -0.2) is 9.48 Å². The third-order valence-electron chi connectivity index (χ3n) is 5.64. The highest BCUT2D eigenvalue weighted by atomic mass is 16.2. The zero-order valence-electron chi connectivity index (χ0n) is 15.1. The van der Waals surface area contributed by atoms with Crippen LogP contribution >= 0.6 is 0 Å². The topological polar surface area (TPSA) is 60.1 Å². The lowest BCUT2D eigenvalue weighted by molar-refractivity contribution is -0.136. The molecule has 0 saturated heterocycles. The first-order valence-corrected chi connectivity index (χ1v) is 9.71. The van der Waals surface area contributed by atoms with Crippen molar-refractivity contribution in [1.29, 1.82) is 0 Å². The Morgan fingerprint density at radius 3 is 2.58 bits per heavy atom. The van der Waals surface area contributed by atoms with Crippen LogP contribution in [0.4, 0.5) is 0 Å². The third kappa shape index (κ3) is 3.45.